The number of halogens is 2. The van der Waals surface area contributed by atoms with E-state index in [-0.39, 0.29) is 5.15 Å². The topological polar surface area (TPSA) is 105 Å². The van der Waals surface area contributed by atoms with Crippen LogP contribution in [0.5, 0.6) is 0 Å². The van der Waals surface area contributed by atoms with Gasteiger partial charge in [0, 0.05) is 5.56 Å². The average molecular weight is 364 g/mol. The number of aromatic nitrogens is 6. The summed E-state index contributed by atoms with van der Waals surface area (Å²) < 4.78 is 16.7. The van der Waals surface area contributed by atoms with E-state index < -0.39 is 11.8 Å². The Bertz CT molecular complexity index is 1090. The molecule has 8 nitrogen and oxygen atoms in total. The minimum absolute atomic E-state index is 0.119. The summed E-state index contributed by atoms with van der Waals surface area (Å²) in [6, 6.07) is 0.488. The maximum Gasteiger partial charge on any atom is 0.341 e. The summed E-state index contributed by atoms with van der Waals surface area (Å²) in [5.41, 5.74) is 8.05. The molecule has 0 aromatic carbocycles. The SMILES string of the molecule is NC(=O)n1nc(-n2cncc2-c2cc(F)cnc2Cl)c2scnc21. The summed E-state index contributed by atoms with van der Waals surface area (Å²) in [6.45, 7) is 0. The maximum absolute atomic E-state index is 13.5. The first-order valence-electron chi connectivity index (χ1n) is 6.52. The lowest BCUT2D eigenvalue weighted by molar-refractivity contribution is 0.248. The highest BCUT2D eigenvalue weighted by Crippen LogP contribution is 2.32. The molecule has 24 heavy (non-hydrogen) atoms. The zero-order chi connectivity index (χ0) is 16.8. The van der Waals surface area contributed by atoms with Gasteiger partial charge in [0.2, 0.25) is 0 Å². The fourth-order valence-corrected chi connectivity index (χ4v) is 3.26. The van der Waals surface area contributed by atoms with E-state index in [4.69, 9.17) is 17.3 Å². The number of imidazole rings is 1. The number of hydrogen-bond acceptors (Lipinski definition) is 6. The first kappa shape index (κ1) is 14.7. The summed E-state index contributed by atoms with van der Waals surface area (Å²) in [4.78, 5) is 23.5. The molecular formula is C13H7ClFN7OS. The second-order valence-corrected chi connectivity index (χ2v) is 5.93. The van der Waals surface area contributed by atoms with Crippen molar-refractivity contribution in [2.75, 3.05) is 0 Å². The Kier molecular flexibility index (Phi) is 3.28. The van der Waals surface area contributed by atoms with E-state index in [0.29, 0.717) is 27.4 Å². The van der Waals surface area contributed by atoms with Crippen LogP contribution in [0.25, 0.3) is 27.4 Å². The molecule has 0 unspecified atom stereocenters. The second kappa shape index (κ2) is 5.35. The highest BCUT2D eigenvalue weighted by atomic mass is 35.5. The second-order valence-electron chi connectivity index (χ2n) is 4.72. The summed E-state index contributed by atoms with van der Waals surface area (Å²) in [5, 5.41) is 4.30. The lowest BCUT2D eigenvalue weighted by atomic mass is 10.2. The summed E-state index contributed by atoms with van der Waals surface area (Å²) in [7, 11) is 0. The van der Waals surface area contributed by atoms with E-state index in [1.165, 1.54) is 29.9 Å². The molecule has 0 spiro atoms. The van der Waals surface area contributed by atoms with E-state index in [9.17, 15) is 9.18 Å². The van der Waals surface area contributed by atoms with Crippen LogP contribution in [0, 0.1) is 5.82 Å². The Labute approximate surface area is 142 Å². The average Bonchev–Trinajstić information content (AvgIpc) is 3.23. The van der Waals surface area contributed by atoms with Crippen LogP contribution in [0.1, 0.15) is 0 Å². The molecule has 11 heteroatoms. The van der Waals surface area contributed by atoms with Gasteiger partial charge in [-0.25, -0.2) is 24.1 Å². The predicted octanol–water partition coefficient (Wildman–Crippen LogP) is 2.46. The number of nitrogens with two attached hydrogens (primary N) is 1. The van der Waals surface area contributed by atoms with Crippen LogP contribution in [-0.2, 0) is 0 Å². The maximum atomic E-state index is 13.5. The largest absolute Gasteiger partial charge is 0.350 e. The molecule has 0 saturated heterocycles. The lowest BCUT2D eigenvalue weighted by Gasteiger charge is -2.06. The molecular weight excluding hydrogens is 357 g/mol. The number of primary amides is 1. The minimum Gasteiger partial charge on any atom is -0.350 e. The normalized spacial score (nSPS) is 11.2. The summed E-state index contributed by atoms with van der Waals surface area (Å²) in [6.07, 6.45) is 4.00. The lowest BCUT2D eigenvalue weighted by Crippen LogP contribution is -2.21. The molecule has 4 aromatic rings. The van der Waals surface area contributed by atoms with Crippen LogP contribution in [-0.4, -0.2) is 35.3 Å². The number of pyridine rings is 1. The molecule has 120 valence electrons. The monoisotopic (exact) mass is 363 g/mol. The van der Waals surface area contributed by atoms with Crippen molar-refractivity contribution in [3.05, 3.63) is 41.3 Å². The quantitative estimate of drug-likeness (QED) is 0.551. The molecule has 0 radical (unpaired) electrons. The van der Waals surface area contributed by atoms with Crippen molar-refractivity contribution in [2.45, 2.75) is 0 Å². The molecule has 4 rings (SSSR count). The van der Waals surface area contributed by atoms with Gasteiger partial charge in [-0.2, -0.15) is 4.68 Å². The Hall–Kier alpha value is -2.85. The molecule has 0 atom stereocenters. The van der Waals surface area contributed by atoms with Crippen molar-refractivity contribution in [2.24, 2.45) is 5.73 Å². The van der Waals surface area contributed by atoms with Gasteiger partial charge in [-0.15, -0.1) is 16.4 Å². The minimum atomic E-state index is -0.760. The third-order valence-corrected chi connectivity index (χ3v) is 4.42. The van der Waals surface area contributed by atoms with Crippen molar-refractivity contribution < 1.29 is 9.18 Å². The van der Waals surface area contributed by atoms with Crippen LogP contribution in [0.3, 0.4) is 0 Å². The Morgan fingerprint density at radius 1 is 1.33 bits per heavy atom. The zero-order valence-corrected chi connectivity index (χ0v) is 13.3. The standard InChI is InChI=1S/C13H7ClFN7OS/c14-10-7(1-6(15)2-18-10)8-3-17-4-21(8)12-9-11(19-5-24-9)22(20-12)13(16)23/h1-5H,(H2,16,23). The predicted molar refractivity (Wildman–Crippen MR) is 85.7 cm³/mol. The molecule has 2 N–H and O–H groups in total. The van der Waals surface area contributed by atoms with Gasteiger partial charge >= 0.3 is 6.03 Å². The third kappa shape index (κ3) is 2.15. The van der Waals surface area contributed by atoms with E-state index in [0.717, 1.165) is 10.9 Å². The van der Waals surface area contributed by atoms with Crippen LogP contribution >= 0.6 is 22.9 Å². The fourth-order valence-electron chi connectivity index (χ4n) is 2.31. The zero-order valence-electron chi connectivity index (χ0n) is 11.7. The van der Waals surface area contributed by atoms with Crippen LogP contribution < -0.4 is 5.73 Å². The van der Waals surface area contributed by atoms with Crippen LogP contribution in [0.15, 0.2) is 30.3 Å². The molecule has 0 aliphatic carbocycles. The number of amides is 1. The van der Waals surface area contributed by atoms with Crippen LogP contribution in [0.4, 0.5) is 9.18 Å². The highest BCUT2D eigenvalue weighted by Gasteiger charge is 2.21. The molecule has 0 aliphatic heterocycles. The van der Waals surface area contributed by atoms with Crippen LogP contribution in [0.2, 0.25) is 5.15 Å². The summed E-state index contributed by atoms with van der Waals surface area (Å²) in [5.74, 6) is -0.146. The number of carbonyl (C=O) groups is 1. The molecule has 0 fully saturated rings. The highest BCUT2D eigenvalue weighted by molar-refractivity contribution is 7.17. The number of fused-ring (bicyclic) bond motifs is 1. The number of nitrogens with zero attached hydrogens (tertiary/aromatic N) is 6. The number of carbonyl (C=O) groups excluding carboxylic acids is 1. The smallest absolute Gasteiger partial charge is 0.341 e. The van der Waals surface area contributed by atoms with Gasteiger partial charge < -0.3 is 5.73 Å². The van der Waals surface area contributed by atoms with E-state index in [2.05, 4.69) is 20.1 Å². The van der Waals surface area contributed by atoms with Crippen molar-refractivity contribution in [3.8, 4) is 17.1 Å². The van der Waals surface area contributed by atoms with E-state index in [1.54, 1.807) is 10.1 Å². The number of hydrogen-bond donors (Lipinski definition) is 1. The molecule has 0 aliphatic rings. The van der Waals surface area contributed by atoms with Gasteiger partial charge in [0.1, 0.15) is 22.0 Å². The van der Waals surface area contributed by atoms with Crippen molar-refractivity contribution in [3.63, 3.8) is 0 Å². The van der Waals surface area contributed by atoms with Crippen molar-refractivity contribution in [1.82, 2.24) is 29.3 Å². The number of thiazole rings is 1. The Morgan fingerprint density at radius 2 is 2.17 bits per heavy atom. The Balaban J connectivity index is 1.97. The fraction of sp³-hybridized carbons (Fsp3) is 0. The van der Waals surface area contributed by atoms with E-state index in [1.807, 2.05) is 0 Å². The van der Waals surface area contributed by atoms with E-state index >= 15 is 0 Å². The molecule has 0 saturated carbocycles. The Morgan fingerprint density at radius 3 is 2.96 bits per heavy atom. The molecule has 4 heterocycles. The first-order valence-corrected chi connectivity index (χ1v) is 7.78. The van der Waals surface area contributed by atoms with Gasteiger partial charge in [0.05, 0.1) is 23.6 Å². The molecule has 4 aromatic heterocycles. The van der Waals surface area contributed by atoms with Gasteiger partial charge in [0.15, 0.2) is 11.5 Å². The molecule has 1 amide bonds. The van der Waals surface area contributed by atoms with Gasteiger partial charge in [0.25, 0.3) is 0 Å². The van der Waals surface area contributed by atoms with Crippen molar-refractivity contribution >= 4 is 39.3 Å². The van der Waals surface area contributed by atoms with Crippen molar-refractivity contribution in [1.29, 1.82) is 0 Å². The summed E-state index contributed by atoms with van der Waals surface area (Å²) >= 11 is 7.36. The first-order chi connectivity index (χ1) is 11.6. The molecule has 0 bridgehead atoms. The van der Waals surface area contributed by atoms with Gasteiger partial charge in [-0.1, -0.05) is 11.6 Å². The van der Waals surface area contributed by atoms with Gasteiger partial charge in [-0.05, 0) is 6.07 Å². The third-order valence-electron chi connectivity index (χ3n) is 3.30. The number of rotatable bonds is 2. The van der Waals surface area contributed by atoms with Gasteiger partial charge in [-0.3, -0.25) is 4.57 Å².